The van der Waals surface area contributed by atoms with Gasteiger partial charge in [-0.15, -0.1) is 0 Å². The molecule has 0 aliphatic carbocycles. The maximum absolute atomic E-state index is 3.60. The Balaban J connectivity index is 2.06. The summed E-state index contributed by atoms with van der Waals surface area (Å²) in [5.41, 5.74) is 0. The molecule has 2 atom stereocenters. The smallest absolute Gasteiger partial charge is 0.0192 e. The van der Waals surface area contributed by atoms with Crippen molar-refractivity contribution in [3.8, 4) is 0 Å². The molecule has 0 bridgehead atoms. The average molecular weight is 188 g/mol. The molecular formula is C9H20N2S. The van der Waals surface area contributed by atoms with Crippen molar-refractivity contribution in [3.63, 3.8) is 0 Å². The van der Waals surface area contributed by atoms with Crippen molar-refractivity contribution in [1.29, 1.82) is 0 Å². The fourth-order valence-electron chi connectivity index (χ4n) is 1.47. The maximum Gasteiger partial charge on any atom is 0.0192 e. The third kappa shape index (κ3) is 3.33. The van der Waals surface area contributed by atoms with E-state index in [9.17, 15) is 0 Å². The van der Waals surface area contributed by atoms with Crippen LogP contribution in [0, 0.1) is 0 Å². The van der Waals surface area contributed by atoms with Crippen LogP contribution in [-0.4, -0.2) is 49.1 Å². The van der Waals surface area contributed by atoms with E-state index >= 15 is 0 Å². The van der Waals surface area contributed by atoms with Crippen molar-refractivity contribution < 1.29 is 0 Å². The Morgan fingerprint density at radius 3 is 2.75 bits per heavy atom. The van der Waals surface area contributed by atoms with Crippen molar-refractivity contribution >= 4 is 11.8 Å². The van der Waals surface area contributed by atoms with Gasteiger partial charge in [-0.05, 0) is 26.3 Å². The fraction of sp³-hybridized carbons (Fsp3) is 1.00. The minimum absolute atomic E-state index is 0.759. The van der Waals surface area contributed by atoms with Gasteiger partial charge in [-0.3, -0.25) is 0 Å². The Morgan fingerprint density at radius 1 is 1.50 bits per heavy atom. The molecule has 0 aromatic carbocycles. The molecule has 1 aliphatic heterocycles. The van der Waals surface area contributed by atoms with Crippen LogP contribution in [-0.2, 0) is 0 Å². The Bertz CT molecular complexity index is 128. The lowest BCUT2D eigenvalue weighted by Crippen LogP contribution is -2.37. The van der Waals surface area contributed by atoms with Gasteiger partial charge in [-0.2, -0.15) is 11.8 Å². The second-order valence-corrected chi connectivity index (χ2v) is 5.21. The van der Waals surface area contributed by atoms with E-state index in [0.717, 1.165) is 24.4 Å². The summed E-state index contributed by atoms with van der Waals surface area (Å²) in [7, 11) is 4.24. The first kappa shape index (κ1) is 10.4. The van der Waals surface area contributed by atoms with Crippen molar-refractivity contribution in [2.45, 2.75) is 24.6 Å². The van der Waals surface area contributed by atoms with Gasteiger partial charge in [-0.1, -0.05) is 6.92 Å². The summed E-state index contributed by atoms with van der Waals surface area (Å²) in [6.07, 6.45) is 1.35. The maximum atomic E-state index is 3.60. The molecule has 0 radical (unpaired) electrons. The zero-order valence-electron chi connectivity index (χ0n) is 8.34. The van der Waals surface area contributed by atoms with Crippen LogP contribution in [0.2, 0.25) is 0 Å². The number of hydrogen-bond acceptors (Lipinski definition) is 3. The van der Waals surface area contributed by atoms with E-state index in [0.29, 0.717) is 0 Å². The van der Waals surface area contributed by atoms with Crippen molar-refractivity contribution in [3.05, 3.63) is 0 Å². The highest BCUT2D eigenvalue weighted by atomic mass is 32.2. The molecule has 1 fully saturated rings. The number of rotatable bonds is 4. The largest absolute Gasteiger partial charge is 0.312 e. The lowest BCUT2D eigenvalue weighted by Gasteiger charge is -2.18. The molecule has 1 aliphatic rings. The molecule has 2 nitrogen and oxygen atoms in total. The number of hydrogen-bond donors (Lipinski definition) is 1. The van der Waals surface area contributed by atoms with Crippen molar-refractivity contribution in [2.24, 2.45) is 0 Å². The van der Waals surface area contributed by atoms with Gasteiger partial charge in [0.1, 0.15) is 0 Å². The Hall–Kier alpha value is 0.270. The molecule has 0 spiro atoms. The summed E-state index contributed by atoms with van der Waals surface area (Å²) in [5.74, 6) is 1.33. The minimum Gasteiger partial charge on any atom is -0.312 e. The lowest BCUT2D eigenvalue weighted by molar-refractivity contribution is 0.382. The number of nitrogens with one attached hydrogen (secondary N) is 1. The van der Waals surface area contributed by atoms with E-state index < -0.39 is 0 Å². The van der Waals surface area contributed by atoms with E-state index in [2.05, 4.69) is 43.0 Å². The summed E-state index contributed by atoms with van der Waals surface area (Å²) in [6, 6.07) is 0.759. The molecule has 1 saturated heterocycles. The SMILES string of the molecule is CC1SCCC1NCCN(C)C. The first-order valence-corrected chi connectivity index (χ1v) is 5.74. The van der Waals surface area contributed by atoms with Gasteiger partial charge in [0.2, 0.25) is 0 Å². The van der Waals surface area contributed by atoms with Crippen molar-refractivity contribution in [1.82, 2.24) is 10.2 Å². The van der Waals surface area contributed by atoms with Crippen LogP contribution >= 0.6 is 11.8 Å². The highest BCUT2D eigenvalue weighted by Crippen LogP contribution is 2.25. The average Bonchev–Trinajstić information content (AvgIpc) is 2.36. The van der Waals surface area contributed by atoms with Crippen LogP contribution < -0.4 is 5.32 Å². The summed E-state index contributed by atoms with van der Waals surface area (Å²) >= 11 is 2.09. The van der Waals surface area contributed by atoms with Crippen molar-refractivity contribution in [2.75, 3.05) is 32.9 Å². The van der Waals surface area contributed by atoms with Gasteiger partial charge in [-0.25, -0.2) is 0 Å². The van der Waals surface area contributed by atoms with Crippen LogP contribution in [0.5, 0.6) is 0 Å². The molecule has 3 heteroatoms. The van der Waals surface area contributed by atoms with Crippen LogP contribution in [0.3, 0.4) is 0 Å². The molecule has 1 N–H and O–H groups in total. The van der Waals surface area contributed by atoms with Gasteiger partial charge in [0.25, 0.3) is 0 Å². The Labute approximate surface area is 80.1 Å². The van der Waals surface area contributed by atoms with E-state index in [1.165, 1.54) is 12.2 Å². The zero-order valence-corrected chi connectivity index (χ0v) is 9.16. The predicted molar refractivity (Wildman–Crippen MR) is 56.9 cm³/mol. The molecule has 0 amide bonds. The topological polar surface area (TPSA) is 15.3 Å². The van der Waals surface area contributed by atoms with Crippen LogP contribution in [0.1, 0.15) is 13.3 Å². The number of thioether (sulfide) groups is 1. The highest BCUT2D eigenvalue weighted by molar-refractivity contribution is 8.00. The second kappa shape index (κ2) is 5.10. The second-order valence-electron chi connectivity index (χ2n) is 3.73. The molecule has 2 unspecified atom stereocenters. The first-order chi connectivity index (χ1) is 5.70. The molecule has 1 heterocycles. The summed E-state index contributed by atoms with van der Waals surface area (Å²) in [6.45, 7) is 4.60. The van der Waals surface area contributed by atoms with E-state index in [4.69, 9.17) is 0 Å². The normalized spacial score (nSPS) is 30.0. The number of nitrogens with zero attached hydrogens (tertiary/aromatic N) is 1. The molecular weight excluding hydrogens is 168 g/mol. The van der Waals surface area contributed by atoms with Gasteiger partial charge in [0.15, 0.2) is 0 Å². The Kier molecular flexibility index (Phi) is 4.40. The van der Waals surface area contributed by atoms with E-state index in [-0.39, 0.29) is 0 Å². The molecule has 12 heavy (non-hydrogen) atoms. The van der Waals surface area contributed by atoms with Crippen LogP contribution in [0.25, 0.3) is 0 Å². The third-order valence-electron chi connectivity index (χ3n) is 2.34. The highest BCUT2D eigenvalue weighted by Gasteiger charge is 2.22. The van der Waals surface area contributed by atoms with Crippen LogP contribution in [0.4, 0.5) is 0 Å². The minimum atomic E-state index is 0.759. The Morgan fingerprint density at radius 2 is 2.25 bits per heavy atom. The fourth-order valence-corrected chi connectivity index (χ4v) is 2.70. The molecule has 0 saturated carbocycles. The number of likely N-dealkylation sites (N-methyl/N-ethyl adjacent to an activating group) is 1. The molecule has 1 rings (SSSR count). The van der Waals surface area contributed by atoms with Gasteiger partial charge in [0.05, 0.1) is 0 Å². The third-order valence-corrected chi connectivity index (χ3v) is 3.67. The summed E-state index contributed by atoms with van der Waals surface area (Å²) in [5, 5.41) is 4.41. The van der Waals surface area contributed by atoms with Gasteiger partial charge < -0.3 is 10.2 Å². The van der Waals surface area contributed by atoms with Gasteiger partial charge in [0, 0.05) is 24.4 Å². The summed E-state index contributed by atoms with van der Waals surface area (Å²) < 4.78 is 0. The predicted octanol–water partition coefficient (Wildman–Crippen LogP) is 1.03. The zero-order chi connectivity index (χ0) is 8.97. The van der Waals surface area contributed by atoms with E-state index in [1.54, 1.807) is 0 Å². The molecule has 72 valence electrons. The van der Waals surface area contributed by atoms with Crippen LogP contribution in [0.15, 0.2) is 0 Å². The van der Waals surface area contributed by atoms with E-state index in [1.807, 2.05) is 0 Å². The standard InChI is InChI=1S/C9H20N2S/c1-8-9(4-7-12-8)10-5-6-11(2)3/h8-10H,4-7H2,1-3H3. The monoisotopic (exact) mass is 188 g/mol. The molecule has 0 aromatic rings. The summed E-state index contributed by atoms with van der Waals surface area (Å²) in [4.78, 5) is 2.22. The quantitative estimate of drug-likeness (QED) is 0.709. The first-order valence-electron chi connectivity index (χ1n) is 4.70. The lowest BCUT2D eigenvalue weighted by atomic mass is 10.2. The van der Waals surface area contributed by atoms with Gasteiger partial charge >= 0.3 is 0 Å². The molecule has 0 aromatic heterocycles.